The SMILES string of the molecule is CC(CCc1cccc(F)c1)C(=O)NCCc1ccc(N)cc1. The Balaban J connectivity index is 1.71. The zero-order valence-electron chi connectivity index (χ0n) is 13.4. The molecule has 4 heteroatoms. The maximum atomic E-state index is 13.1. The number of halogens is 1. The van der Waals surface area contributed by atoms with Gasteiger partial charge in [-0.15, -0.1) is 0 Å². The Hall–Kier alpha value is -2.36. The van der Waals surface area contributed by atoms with Crippen LogP contribution in [0.5, 0.6) is 0 Å². The van der Waals surface area contributed by atoms with Crippen molar-refractivity contribution in [2.45, 2.75) is 26.2 Å². The molecule has 2 rings (SSSR count). The molecule has 23 heavy (non-hydrogen) atoms. The quantitative estimate of drug-likeness (QED) is 0.770. The lowest BCUT2D eigenvalue weighted by Gasteiger charge is -2.12. The third-order valence-corrected chi connectivity index (χ3v) is 3.90. The topological polar surface area (TPSA) is 55.1 Å². The summed E-state index contributed by atoms with van der Waals surface area (Å²) in [6.07, 6.45) is 2.18. The molecule has 0 saturated carbocycles. The molecule has 0 radical (unpaired) electrons. The predicted octanol–water partition coefficient (Wildman–Crippen LogP) is 3.34. The Kier molecular flexibility index (Phi) is 6.15. The van der Waals surface area contributed by atoms with Crippen molar-refractivity contribution < 1.29 is 9.18 Å². The van der Waals surface area contributed by atoms with Gasteiger partial charge in [0.2, 0.25) is 5.91 Å². The van der Waals surface area contributed by atoms with E-state index in [9.17, 15) is 9.18 Å². The number of carbonyl (C=O) groups is 1. The lowest BCUT2D eigenvalue weighted by atomic mass is 10.00. The van der Waals surface area contributed by atoms with E-state index in [1.807, 2.05) is 37.3 Å². The normalized spacial score (nSPS) is 11.9. The summed E-state index contributed by atoms with van der Waals surface area (Å²) in [6.45, 7) is 2.50. The van der Waals surface area contributed by atoms with Crippen molar-refractivity contribution in [2.75, 3.05) is 12.3 Å². The van der Waals surface area contributed by atoms with Crippen LogP contribution in [0.25, 0.3) is 0 Å². The van der Waals surface area contributed by atoms with Crippen LogP contribution in [0.3, 0.4) is 0 Å². The van der Waals surface area contributed by atoms with E-state index in [0.29, 0.717) is 19.4 Å². The Morgan fingerprint density at radius 1 is 1.13 bits per heavy atom. The average Bonchev–Trinajstić information content (AvgIpc) is 2.54. The maximum absolute atomic E-state index is 13.1. The lowest BCUT2D eigenvalue weighted by molar-refractivity contribution is -0.124. The molecule has 2 aromatic carbocycles. The number of benzene rings is 2. The number of hydrogen-bond donors (Lipinski definition) is 2. The van der Waals surface area contributed by atoms with E-state index < -0.39 is 0 Å². The minimum atomic E-state index is -0.233. The standard InChI is InChI=1S/C19H23FN2O/c1-14(5-6-16-3-2-4-17(20)13-16)19(23)22-12-11-15-7-9-18(21)10-8-15/h2-4,7-10,13-14H,5-6,11-12,21H2,1H3,(H,22,23). The van der Waals surface area contributed by atoms with Gasteiger partial charge in [-0.05, 0) is 54.7 Å². The van der Waals surface area contributed by atoms with Gasteiger partial charge >= 0.3 is 0 Å². The molecule has 2 aromatic rings. The first-order valence-electron chi connectivity index (χ1n) is 7.91. The van der Waals surface area contributed by atoms with E-state index >= 15 is 0 Å². The minimum absolute atomic E-state index is 0.0387. The summed E-state index contributed by atoms with van der Waals surface area (Å²) in [7, 11) is 0. The maximum Gasteiger partial charge on any atom is 0.222 e. The van der Waals surface area contributed by atoms with Crippen LogP contribution in [-0.4, -0.2) is 12.5 Å². The molecule has 0 aromatic heterocycles. The molecule has 0 aliphatic carbocycles. The van der Waals surface area contributed by atoms with Crippen molar-refractivity contribution in [3.8, 4) is 0 Å². The van der Waals surface area contributed by atoms with Crippen LogP contribution in [0.15, 0.2) is 48.5 Å². The molecular formula is C19H23FN2O. The number of nitrogens with two attached hydrogens (primary N) is 1. The summed E-state index contributed by atoms with van der Waals surface area (Å²) in [4.78, 5) is 12.1. The second-order valence-electron chi connectivity index (χ2n) is 5.85. The Morgan fingerprint density at radius 3 is 2.57 bits per heavy atom. The molecular weight excluding hydrogens is 291 g/mol. The number of nitrogens with one attached hydrogen (secondary N) is 1. The Morgan fingerprint density at radius 2 is 1.87 bits per heavy atom. The summed E-state index contributed by atoms with van der Waals surface area (Å²) in [5.41, 5.74) is 8.45. The summed E-state index contributed by atoms with van der Waals surface area (Å²) < 4.78 is 13.1. The van der Waals surface area contributed by atoms with E-state index in [-0.39, 0.29) is 17.6 Å². The third kappa shape index (κ3) is 5.74. The van der Waals surface area contributed by atoms with Crippen LogP contribution in [0.2, 0.25) is 0 Å². The lowest BCUT2D eigenvalue weighted by Crippen LogP contribution is -2.31. The highest BCUT2D eigenvalue weighted by atomic mass is 19.1. The fraction of sp³-hybridized carbons (Fsp3) is 0.316. The molecule has 0 bridgehead atoms. The van der Waals surface area contributed by atoms with Gasteiger partial charge in [-0.2, -0.15) is 0 Å². The van der Waals surface area contributed by atoms with Crippen LogP contribution < -0.4 is 11.1 Å². The number of anilines is 1. The van der Waals surface area contributed by atoms with E-state index in [1.165, 1.54) is 12.1 Å². The first-order valence-corrected chi connectivity index (χ1v) is 7.91. The van der Waals surface area contributed by atoms with Crippen LogP contribution in [0.4, 0.5) is 10.1 Å². The molecule has 1 unspecified atom stereocenters. The van der Waals surface area contributed by atoms with Gasteiger partial charge in [-0.1, -0.05) is 31.2 Å². The molecule has 0 aliphatic heterocycles. The fourth-order valence-electron chi connectivity index (χ4n) is 2.40. The van der Waals surface area contributed by atoms with E-state index in [1.54, 1.807) is 6.07 Å². The highest BCUT2D eigenvalue weighted by molar-refractivity contribution is 5.78. The van der Waals surface area contributed by atoms with Crippen molar-refractivity contribution >= 4 is 11.6 Å². The van der Waals surface area contributed by atoms with Crippen LogP contribution in [0, 0.1) is 11.7 Å². The number of amides is 1. The third-order valence-electron chi connectivity index (χ3n) is 3.90. The number of hydrogen-bond acceptors (Lipinski definition) is 2. The van der Waals surface area contributed by atoms with Gasteiger partial charge in [-0.3, -0.25) is 4.79 Å². The van der Waals surface area contributed by atoms with Crippen molar-refractivity contribution in [3.05, 3.63) is 65.5 Å². The van der Waals surface area contributed by atoms with Gasteiger partial charge in [0.05, 0.1) is 0 Å². The highest BCUT2D eigenvalue weighted by Gasteiger charge is 2.12. The Bertz CT molecular complexity index is 640. The van der Waals surface area contributed by atoms with E-state index in [0.717, 1.165) is 23.2 Å². The van der Waals surface area contributed by atoms with Crippen LogP contribution >= 0.6 is 0 Å². The monoisotopic (exact) mass is 314 g/mol. The summed E-state index contributed by atoms with van der Waals surface area (Å²) in [5, 5.41) is 2.95. The summed E-state index contributed by atoms with van der Waals surface area (Å²) in [6, 6.07) is 14.2. The molecule has 0 fully saturated rings. The number of rotatable bonds is 7. The second-order valence-corrected chi connectivity index (χ2v) is 5.85. The van der Waals surface area contributed by atoms with Crippen LogP contribution in [0.1, 0.15) is 24.5 Å². The van der Waals surface area contributed by atoms with Crippen molar-refractivity contribution in [2.24, 2.45) is 5.92 Å². The molecule has 0 heterocycles. The van der Waals surface area contributed by atoms with Crippen LogP contribution in [-0.2, 0) is 17.6 Å². The van der Waals surface area contributed by atoms with E-state index in [4.69, 9.17) is 5.73 Å². The fourth-order valence-corrected chi connectivity index (χ4v) is 2.40. The smallest absolute Gasteiger partial charge is 0.222 e. The molecule has 0 spiro atoms. The van der Waals surface area contributed by atoms with Crippen molar-refractivity contribution in [1.82, 2.24) is 5.32 Å². The van der Waals surface area contributed by atoms with Gasteiger partial charge in [0.25, 0.3) is 0 Å². The minimum Gasteiger partial charge on any atom is -0.399 e. The van der Waals surface area contributed by atoms with Gasteiger partial charge < -0.3 is 11.1 Å². The molecule has 122 valence electrons. The van der Waals surface area contributed by atoms with Gasteiger partial charge in [-0.25, -0.2) is 4.39 Å². The molecule has 3 nitrogen and oxygen atoms in total. The van der Waals surface area contributed by atoms with Gasteiger partial charge in [0.1, 0.15) is 5.82 Å². The van der Waals surface area contributed by atoms with Gasteiger partial charge in [0.15, 0.2) is 0 Å². The number of carbonyl (C=O) groups excluding carboxylic acids is 1. The molecule has 0 aliphatic rings. The largest absolute Gasteiger partial charge is 0.399 e. The van der Waals surface area contributed by atoms with E-state index in [2.05, 4.69) is 5.32 Å². The second kappa shape index (κ2) is 8.32. The van der Waals surface area contributed by atoms with Crippen molar-refractivity contribution in [1.29, 1.82) is 0 Å². The number of aryl methyl sites for hydroxylation is 1. The average molecular weight is 314 g/mol. The van der Waals surface area contributed by atoms with Crippen molar-refractivity contribution in [3.63, 3.8) is 0 Å². The summed E-state index contributed by atoms with van der Waals surface area (Å²) >= 11 is 0. The van der Waals surface area contributed by atoms with Gasteiger partial charge in [0, 0.05) is 18.2 Å². The first kappa shape index (κ1) is 17.0. The predicted molar refractivity (Wildman–Crippen MR) is 91.5 cm³/mol. The Labute approximate surface area is 136 Å². The first-order chi connectivity index (χ1) is 11.0. The molecule has 1 atom stereocenters. The zero-order chi connectivity index (χ0) is 16.7. The molecule has 0 saturated heterocycles. The highest BCUT2D eigenvalue weighted by Crippen LogP contribution is 2.11. The number of nitrogen functional groups attached to an aromatic ring is 1. The summed E-state index contributed by atoms with van der Waals surface area (Å²) in [5.74, 6) is -0.287. The zero-order valence-corrected chi connectivity index (χ0v) is 13.4. The molecule has 3 N–H and O–H groups in total. The molecule has 1 amide bonds.